The van der Waals surface area contributed by atoms with E-state index in [0.29, 0.717) is 29.5 Å². The van der Waals surface area contributed by atoms with Crippen molar-refractivity contribution in [2.75, 3.05) is 16.8 Å². The Morgan fingerprint density at radius 2 is 2.07 bits per heavy atom. The molecule has 0 radical (unpaired) electrons. The zero-order chi connectivity index (χ0) is 20.1. The van der Waals surface area contributed by atoms with Gasteiger partial charge in [0.05, 0.1) is 12.1 Å². The van der Waals surface area contributed by atoms with Crippen molar-refractivity contribution in [3.63, 3.8) is 0 Å². The van der Waals surface area contributed by atoms with Gasteiger partial charge >= 0.3 is 5.97 Å². The van der Waals surface area contributed by atoms with Gasteiger partial charge in [-0.2, -0.15) is 0 Å². The molecule has 1 N–H and O–H groups in total. The maximum absolute atomic E-state index is 12.2. The molecule has 1 fully saturated rings. The van der Waals surface area contributed by atoms with Crippen LogP contribution >= 0.6 is 11.3 Å². The van der Waals surface area contributed by atoms with Gasteiger partial charge in [0, 0.05) is 24.0 Å². The Balaban J connectivity index is 1.50. The smallest absolute Gasteiger partial charge is 0.312 e. The Morgan fingerprint density at radius 1 is 1.32 bits per heavy atom. The van der Waals surface area contributed by atoms with Crippen molar-refractivity contribution in [2.45, 2.75) is 45.6 Å². The van der Waals surface area contributed by atoms with E-state index in [9.17, 15) is 14.4 Å². The van der Waals surface area contributed by atoms with Crippen LogP contribution in [-0.4, -0.2) is 35.4 Å². The Labute approximate surface area is 167 Å². The van der Waals surface area contributed by atoms with E-state index in [1.54, 1.807) is 10.3 Å². The molecule has 1 aliphatic rings. The highest BCUT2D eigenvalue weighted by Crippen LogP contribution is 2.25. The standard InChI is InChI=1S/C20H23N3O4S/c1-3-14-6-8-15(9-7-14)21-19(26)13(2)27-18(25)11-16-12-28-20(22-16)23-10-4-5-17(23)24/h6-9,12-13H,3-5,10-11H2,1-2H3,(H,21,26)/t13-/m0/s1. The van der Waals surface area contributed by atoms with Crippen molar-refractivity contribution in [1.29, 1.82) is 0 Å². The second kappa shape index (κ2) is 8.97. The van der Waals surface area contributed by atoms with Crippen LogP contribution in [-0.2, 0) is 32.0 Å². The van der Waals surface area contributed by atoms with Crippen molar-refractivity contribution in [1.82, 2.24) is 4.98 Å². The van der Waals surface area contributed by atoms with E-state index in [-0.39, 0.29) is 18.2 Å². The normalized spacial score (nSPS) is 14.8. The van der Waals surface area contributed by atoms with Crippen LogP contribution < -0.4 is 10.2 Å². The van der Waals surface area contributed by atoms with E-state index in [2.05, 4.69) is 17.2 Å². The van der Waals surface area contributed by atoms with Crippen LogP contribution in [0.5, 0.6) is 0 Å². The summed E-state index contributed by atoms with van der Waals surface area (Å²) in [7, 11) is 0. The molecule has 0 bridgehead atoms. The number of esters is 1. The number of nitrogens with one attached hydrogen (secondary N) is 1. The summed E-state index contributed by atoms with van der Waals surface area (Å²) in [5.74, 6) is -0.867. The van der Waals surface area contributed by atoms with Gasteiger partial charge in [0.15, 0.2) is 11.2 Å². The minimum absolute atomic E-state index is 0.0403. The molecule has 2 heterocycles. The summed E-state index contributed by atoms with van der Waals surface area (Å²) < 4.78 is 5.22. The highest BCUT2D eigenvalue weighted by Gasteiger charge is 2.25. The van der Waals surface area contributed by atoms with Crippen LogP contribution in [0.25, 0.3) is 0 Å². The van der Waals surface area contributed by atoms with Gasteiger partial charge in [0.1, 0.15) is 0 Å². The lowest BCUT2D eigenvalue weighted by Crippen LogP contribution is -2.30. The predicted molar refractivity (Wildman–Crippen MR) is 107 cm³/mol. The average molecular weight is 401 g/mol. The number of amides is 2. The summed E-state index contributed by atoms with van der Waals surface area (Å²) in [6.45, 7) is 4.25. The summed E-state index contributed by atoms with van der Waals surface area (Å²) in [4.78, 5) is 42.1. The zero-order valence-electron chi connectivity index (χ0n) is 15.9. The molecule has 1 aromatic carbocycles. The predicted octanol–water partition coefficient (Wildman–Crippen LogP) is 2.95. The molecule has 1 saturated heterocycles. The number of hydrogen-bond acceptors (Lipinski definition) is 6. The van der Waals surface area contributed by atoms with Crippen LogP contribution in [0.3, 0.4) is 0 Å². The van der Waals surface area contributed by atoms with Gasteiger partial charge in [-0.15, -0.1) is 11.3 Å². The molecule has 0 spiro atoms. The molecule has 2 amide bonds. The number of aryl methyl sites for hydroxylation is 1. The third-order valence-electron chi connectivity index (χ3n) is 4.48. The molecule has 8 heteroatoms. The summed E-state index contributed by atoms with van der Waals surface area (Å²) in [5.41, 5.74) is 2.37. The first kappa shape index (κ1) is 20.0. The van der Waals surface area contributed by atoms with Crippen LogP contribution in [0.2, 0.25) is 0 Å². The van der Waals surface area contributed by atoms with Gasteiger partial charge in [-0.05, 0) is 37.5 Å². The molecule has 0 saturated carbocycles. The number of aromatic nitrogens is 1. The molecular weight excluding hydrogens is 378 g/mol. The Morgan fingerprint density at radius 3 is 2.71 bits per heavy atom. The van der Waals surface area contributed by atoms with Crippen molar-refractivity contribution in [3.05, 3.63) is 40.9 Å². The van der Waals surface area contributed by atoms with Crippen molar-refractivity contribution >= 4 is 39.9 Å². The molecule has 0 aliphatic carbocycles. The largest absolute Gasteiger partial charge is 0.452 e. The summed E-state index contributed by atoms with van der Waals surface area (Å²) in [5, 5.41) is 5.08. The average Bonchev–Trinajstić information content (AvgIpc) is 3.30. The van der Waals surface area contributed by atoms with E-state index >= 15 is 0 Å². The highest BCUT2D eigenvalue weighted by molar-refractivity contribution is 7.14. The molecular formula is C20H23N3O4S. The topological polar surface area (TPSA) is 88.6 Å². The quantitative estimate of drug-likeness (QED) is 0.721. The van der Waals surface area contributed by atoms with Gasteiger partial charge in [-0.1, -0.05) is 19.1 Å². The van der Waals surface area contributed by atoms with Crippen molar-refractivity contribution < 1.29 is 19.1 Å². The van der Waals surface area contributed by atoms with Crippen LogP contribution in [0.4, 0.5) is 10.8 Å². The first-order valence-electron chi connectivity index (χ1n) is 9.30. The van der Waals surface area contributed by atoms with Gasteiger partial charge < -0.3 is 10.1 Å². The SMILES string of the molecule is CCc1ccc(NC(=O)[C@H](C)OC(=O)Cc2csc(N3CCCC3=O)n2)cc1. The first-order chi connectivity index (χ1) is 13.5. The highest BCUT2D eigenvalue weighted by atomic mass is 32.1. The number of rotatable bonds is 7. The number of ether oxygens (including phenoxy) is 1. The van der Waals surface area contributed by atoms with E-state index < -0.39 is 12.1 Å². The summed E-state index contributed by atoms with van der Waals surface area (Å²) in [6, 6.07) is 7.53. The minimum atomic E-state index is -0.920. The van der Waals surface area contributed by atoms with Crippen LogP contribution in [0.1, 0.15) is 37.9 Å². The number of anilines is 2. The molecule has 7 nitrogen and oxygen atoms in total. The maximum atomic E-state index is 12.2. The molecule has 2 aromatic rings. The Kier molecular flexibility index (Phi) is 6.41. The van der Waals surface area contributed by atoms with E-state index in [4.69, 9.17) is 4.74 Å². The van der Waals surface area contributed by atoms with E-state index in [1.807, 2.05) is 24.3 Å². The lowest BCUT2D eigenvalue weighted by molar-refractivity contribution is -0.152. The lowest BCUT2D eigenvalue weighted by atomic mass is 10.1. The van der Waals surface area contributed by atoms with Gasteiger partial charge in [0.25, 0.3) is 5.91 Å². The number of nitrogens with zero attached hydrogens (tertiary/aromatic N) is 2. The number of benzene rings is 1. The van der Waals surface area contributed by atoms with Gasteiger partial charge in [0.2, 0.25) is 5.91 Å². The fraction of sp³-hybridized carbons (Fsp3) is 0.400. The number of carbonyl (C=O) groups excluding carboxylic acids is 3. The maximum Gasteiger partial charge on any atom is 0.312 e. The van der Waals surface area contributed by atoms with Crippen molar-refractivity contribution in [3.8, 4) is 0 Å². The second-order valence-corrected chi connectivity index (χ2v) is 7.46. The van der Waals surface area contributed by atoms with E-state index in [0.717, 1.165) is 12.8 Å². The van der Waals surface area contributed by atoms with E-state index in [1.165, 1.54) is 23.8 Å². The monoisotopic (exact) mass is 401 g/mol. The van der Waals surface area contributed by atoms with Crippen LogP contribution in [0.15, 0.2) is 29.6 Å². The molecule has 3 rings (SSSR count). The van der Waals surface area contributed by atoms with Crippen molar-refractivity contribution in [2.24, 2.45) is 0 Å². The summed E-state index contributed by atoms with van der Waals surface area (Å²) >= 11 is 1.33. The lowest BCUT2D eigenvalue weighted by Gasteiger charge is -2.13. The number of thiazole rings is 1. The molecule has 1 aliphatic heterocycles. The molecule has 148 valence electrons. The first-order valence-corrected chi connectivity index (χ1v) is 10.2. The Bertz CT molecular complexity index is 863. The second-order valence-electron chi connectivity index (χ2n) is 6.62. The fourth-order valence-electron chi connectivity index (χ4n) is 2.86. The third-order valence-corrected chi connectivity index (χ3v) is 5.39. The molecule has 0 unspecified atom stereocenters. The summed E-state index contributed by atoms with van der Waals surface area (Å²) in [6.07, 6.45) is 1.32. The third kappa shape index (κ3) is 4.95. The zero-order valence-corrected chi connectivity index (χ0v) is 16.8. The Hall–Kier alpha value is -2.74. The molecule has 1 atom stereocenters. The molecule has 28 heavy (non-hydrogen) atoms. The number of hydrogen-bond donors (Lipinski definition) is 1. The minimum Gasteiger partial charge on any atom is -0.452 e. The van der Waals surface area contributed by atoms with Gasteiger partial charge in [-0.25, -0.2) is 4.98 Å². The molecule has 1 aromatic heterocycles. The number of carbonyl (C=O) groups is 3. The van der Waals surface area contributed by atoms with Gasteiger partial charge in [-0.3, -0.25) is 19.3 Å². The van der Waals surface area contributed by atoms with Crippen LogP contribution in [0, 0.1) is 0 Å². The fourth-order valence-corrected chi connectivity index (χ4v) is 3.73.